The molecule has 2 aromatic rings. The lowest BCUT2D eigenvalue weighted by Gasteiger charge is -2.14. The molecule has 0 heterocycles. The van der Waals surface area contributed by atoms with E-state index in [0.717, 1.165) is 6.07 Å². The number of halogens is 3. The average molecular weight is 262 g/mol. The Morgan fingerprint density at radius 1 is 0.895 bits per heavy atom. The molecular formula is C14H9F3N2. The second kappa shape index (κ2) is 5.02. The highest BCUT2D eigenvalue weighted by molar-refractivity contribution is 5.68. The van der Waals surface area contributed by atoms with Gasteiger partial charge in [-0.3, -0.25) is 0 Å². The van der Waals surface area contributed by atoms with Crippen LogP contribution in [-0.2, 0) is 6.18 Å². The molecule has 0 aliphatic carbocycles. The van der Waals surface area contributed by atoms with Crippen LogP contribution in [0.3, 0.4) is 0 Å². The molecule has 2 aromatic carbocycles. The molecule has 0 bridgehead atoms. The van der Waals surface area contributed by atoms with Crippen molar-refractivity contribution in [3.05, 3.63) is 59.7 Å². The van der Waals surface area contributed by atoms with Crippen LogP contribution in [0, 0.1) is 11.3 Å². The fraction of sp³-hybridized carbons (Fsp3) is 0.0714. The highest BCUT2D eigenvalue weighted by Crippen LogP contribution is 2.36. The van der Waals surface area contributed by atoms with E-state index in [0.29, 0.717) is 11.3 Å². The molecule has 0 aliphatic heterocycles. The van der Waals surface area contributed by atoms with Crippen LogP contribution >= 0.6 is 0 Å². The zero-order valence-corrected chi connectivity index (χ0v) is 9.70. The molecule has 0 saturated heterocycles. The lowest BCUT2D eigenvalue weighted by atomic mass is 10.1. The maximum absolute atomic E-state index is 12.8. The number of nitrogens with one attached hydrogen (secondary N) is 1. The minimum atomic E-state index is -4.44. The summed E-state index contributed by atoms with van der Waals surface area (Å²) >= 11 is 0. The number of alkyl halides is 3. The van der Waals surface area contributed by atoms with E-state index < -0.39 is 11.7 Å². The third kappa shape index (κ3) is 2.86. The van der Waals surface area contributed by atoms with Gasteiger partial charge in [-0.1, -0.05) is 24.3 Å². The number of hydrogen-bond donors (Lipinski definition) is 1. The molecule has 0 aromatic heterocycles. The van der Waals surface area contributed by atoms with Gasteiger partial charge in [0.2, 0.25) is 0 Å². The first-order valence-electron chi connectivity index (χ1n) is 5.45. The maximum atomic E-state index is 12.8. The van der Waals surface area contributed by atoms with Gasteiger partial charge >= 0.3 is 6.18 Å². The second-order valence-corrected chi connectivity index (χ2v) is 3.83. The summed E-state index contributed by atoms with van der Waals surface area (Å²) < 4.78 is 38.5. The van der Waals surface area contributed by atoms with Gasteiger partial charge in [-0.05, 0) is 24.3 Å². The van der Waals surface area contributed by atoms with Gasteiger partial charge in [0.05, 0.1) is 22.5 Å². The summed E-state index contributed by atoms with van der Waals surface area (Å²) in [7, 11) is 0. The average Bonchev–Trinajstić information content (AvgIpc) is 2.39. The zero-order valence-electron chi connectivity index (χ0n) is 9.70. The SMILES string of the molecule is N#Cc1ccccc1Nc1ccccc1C(F)(F)F. The topological polar surface area (TPSA) is 35.8 Å². The molecule has 96 valence electrons. The molecule has 0 spiro atoms. The van der Waals surface area contributed by atoms with Crippen LogP contribution in [0.4, 0.5) is 24.5 Å². The summed E-state index contributed by atoms with van der Waals surface area (Å²) in [6, 6.07) is 13.5. The highest BCUT2D eigenvalue weighted by Gasteiger charge is 2.33. The van der Waals surface area contributed by atoms with Crippen LogP contribution < -0.4 is 5.32 Å². The van der Waals surface area contributed by atoms with E-state index in [1.807, 2.05) is 6.07 Å². The number of anilines is 2. The third-order valence-electron chi connectivity index (χ3n) is 2.55. The molecule has 2 rings (SSSR count). The van der Waals surface area contributed by atoms with Gasteiger partial charge in [0, 0.05) is 0 Å². The van der Waals surface area contributed by atoms with Gasteiger partial charge in [0.25, 0.3) is 0 Å². The second-order valence-electron chi connectivity index (χ2n) is 3.83. The number of hydrogen-bond acceptors (Lipinski definition) is 2. The monoisotopic (exact) mass is 262 g/mol. The van der Waals surface area contributed by atoms with Crippen molar-refractivity contribution < 1.29 is 13.2 Å². The first kappa shape index (κ1) is 13.0. The Balaban J connectivity index is 2.43. The lowest BCUT2D eigenvalue weighted by Crippen LogP contribution is -2.08. The number of para-hydroxylation sites is 2. The van der Waals surface area contributed by atoms with E-state index in [9.17, 15) is 13.2 Å². The highest BCUT2D eigenvalue weighted by atomic mass is 19.4. The van der Waals surface area contributed by atoms with Gasteiger partial charge in [0.15, 0.2) is 0 Å². The predicted molar refractivity (Wildman–Crippen MR) is 65.9 cm³/mol. The molecule has 0 amide bonds. The van der Waals surface area contributed by atoms with Crippen molar-refractivity contribution in [2.24, 2.45) is 0 Å². The molecule has 0 radical (unpaired) electrons. The van der Waals surface area contributed by atoms with Crippen molar-refractivity contribution in [2.75, 3.05) is 5.32 Å². The Hall–Kier alpha value is -2.48. The Kier molecular flexibility index (Phi) is 3.43. The normalized spacial score (nSPS) is 10.8. The molecule has 1 N–H and O–H groups in total. The van der Waals surface area contributed by atoms with Crippen molar-refractivity contribution >= 4 is 11.4 Å². The number of benzene rings is 2. The molecule has 0 atom stereocenters. The van der Waals surface area contributed by atoms with Crippen molar-refractivity contribution in [3.8, 4) is 6.07 Å². The fourth-order valence-corrected chi connectivity index (χ4v) is 1.67. The first-order valence-corrected chi connectivity index (χ1v) is 5.45. The number of nitrogens with zero attached hydrogens (tertiary/aromatic N) is 1. The van der Waals surface area contributed by atoms with Crippen molar-refractivity contribution in [1.82, 2.24) is 0 Å². The molecule has 2 nitrogen and oxygen atoms in total. The third-order valence-corrected chi connectivity index (χ3v) is 2.55. The van der Waals surface area contributed by atoms with Crippen LogP contribution in [0.15, 0.2) is 48.5 Å². The van der Waals surface area contributed by atoms with Crippen molar-refractivity contribution in [3.63, 3.8) is 0 Å². The van der Waals surface area contributed by atoms with Crippen LogP contribution in [0.1, 0.15) is 11.1 Å². The van der Waals surface area contributed by atoms with Crippen LogP contribution in [-0.4, -0.2) is 0 Å². The Bertz CT molecular complexity index is 627. The minimum absolute atomic E-state index is 0.0716. The van der Waals surface area contributed by atoms with E-state index in [1.54, 1.807) is 24.3 Å². The van der Waals surface area contributed by atoms with E-state index in [1.165, 1.54) is 18.2 Å². The molecule has 0 saturated carbocycles. The summed E-state index contributed by atoms with van der Waals surface area (Å²) in [6.07, 6.45) is -4.44. The van der Waals surface area contributed by atoms with E-state index in [4.69, 9.17) is 5.26 Å². The Morgan fingerprint density at radius 2 is 1.47 bits per heavy atom. The molecule has 0 fully saturated rings. The summed E-state index contributed by atoms with van der Waals surface area (Å²) in [5, 5.41) is 11.6. The standard InChI is InChI=1S/C14H9F3N2/c15-14(16,17)11-6-2-4-8-13(11)19-12-7-3-1-5-10(12)9-18/h1-8,19H. The first-order chi connectivity index (χ1) is 9.02. The smallest absolute Gasteiger partial charge is 0.354 e. The van der Waals surface area contributed by atoms with E-state index in [-0.39, 0.29) is 5.69 Å². The van der Waals surface area contributed by atoms with Crippen molar-refractivity contribution in [1.29, 1.82) is 5.26 Å². The predicted octanol–water partition coefficient (Wildman–Crippen LogP) is 4.32. The zero-order chi connectivity index (χ0) is 13.9. The lowest BCUT2D eigenvalue weighted by molar-refractivity contribution is -0.136. The van der Waals surface area contributed by atoms with Gasteiger partial charge in [-0.15, -0.1) is 0 Å². The minimum Gasteiger partial charge on any atom is -0.354 e. The maximum Gasteiger partial charge on any atom is 0.418 e. The number of nitriles is 1. The largest absolute Gasteiger partial charge is 0.418 e. The molecule has 19 heavy (non-hydrogen) atoms. The van der Waals surface area contributed by atoms with Gasteiger partial charge in [0.1, 0.15) is 6.07 Å². The molecule has 0 unspecified atom stereocenters. The summed E-state index contributed by atoms with van der Waals surface area (Å²) in [5.41, 5.74) is -0.193. The van der Waals surface area contributed by atoms with E-state index >= 15 is 0 Å². The quantitative estimate of drug-likeness (QED) is 0.874. The summed E-state index contributed by atoms with van der Waals surface area (Å²) in [6.45, 7) is 0. The Labute approximate surface area is 108 Å². The number of rotatable bonds is 2. The summed E-state index contributed by atoms with van der Waals surface area (Å²) in [4.78, 5) is 0. The summed E-state index contributed by atoms with van der Waals surface area (Å²) in [5.74, 6) is 0. The van der Waals surface area contributed by atoms with Crippen molar-refractivity contribution in [2.45, 2.75) is 6.18 Å². The van der Waals surface area contributed by atoms with Gasteiger partial charge < -0.3 is 5.32 Å². The Morgan fingerprint density at radius 3 is 2.11 bits per heavy atom. The van der Waals surface area contributed by atoms with Gasteiger partial charge in [-0.25, -0.2) is 0 Å². The molecule has 0 aliphatic rings. The van der Waals surface area contributed by atoms with Crippen LogP contribution in [0.25, 0.3) is 0 Å². The van der Waals surface area contributed by atoms with Crippen LogP contribution in [0.2, 0.25) is 0 Å². The van der Waals surface area contributed by atoms with Gasteiger partial charge in [-0.2, -0.15) is 18.4 Å². The molecular weight excluding hydrogens is 253 g/mol. The van der Waals surface area contributed by atoms with Crippen LogP contribution in [0.5, 0.6) is 0 Å². The van der Waals surface area contributed by atoms with E-state index in [2.05, 4.69) is 5.32 Å². The fourth-order valence-electron chi connectivity index (χ4n) is 1.67. The molecule has 5 heteroatoms.